The number of alkyl halides is 3. The minimum absolute atomic E-state index is 0.0243. The fourth-order valence-electron chi connectivity index (χ4n) is 2.32. The van der Waals surface area contributed by atoms with Gasteiger partial charge in [0.1, 0.15) is 17.3 Å². The van der Waals surface area contributed by atoms with Crippen LogP contribution in [-0.2, 0) is 0 Å². The summed E-state index contributed by atoms with van der Waals surface area (Å²) in [6, 6.07) is -0.357. The number of nitrogens with one attached hydrogen (secondary N) is 1. The van der Waals surface area contributed by atoms with Crippen molar-refractivity contribution in [1.82, 2.24) is 30.1 Å². The van der Waals surface area contributed by atoms with Gasteiger partial charge >= 0.3 is 6.18 Å². The maximum atomic E-state index is 12.7. The molecule has 0 fully saturated rings. The smallest absolute Gasteiger partial charge is 0.340 e. The first-order valence-electron chi connectivity index (χ1n) is 8.15. The van der Waals surface area contributed by atoms with Gasteiger partial charge in [-0.2, -0.15) is 23.3 Å². The average Bonchev–Trinajstić information content (AvgIpc) is 3.21. The van der Waals surface area contributed by atoms with E-state index in [-0.39, 0.29) is 23.0 Å². The molecule has 1 atom stereocenters. The normalized spacial score (nSPS) is 13.3. The Bertz CT molecular complexity index is 992. The fraction of sp³-hybridized carbons (Fsp3) is 0.438. The number of hydrogen-bond donors (Lipinski definition) is 1. The standard InChI is InChI=1S/C16H17F3N6O2/c1-7(2)15-23-12(24-27-15)11-5-8(3)25-13(22-11)10(6-20-25)14(26)21-9(4)16(17,18)19/h5-7,9H,1-4H3,(H,21,26)/t9-/m0/s1. The van der Waals surface area contributed by atoms with E-state index >= 15 is 0 Å². The molecule has 0 radical (unpaired) electrons. The third-order valence-corrected chi connectivity index (χ3v) is 3.90. The SMILES string of the molecule is Cc1cc(-c2noc(C(C)C)n2)nc2c(C(=O)N[C@@H](C)C(F)(F)F)cnn12. The van der Waals surface area contributed by atoms with Gasteiger partial charge < -0.3 is 9.84 Å². The lowest BCUT2D eigenvalue weighted by molar-refractivity contribution is -0.149. The second-order valence-electron chi connectivity index (χ2n) is 6.42. The van der Waals surface area contributed by atoms with Crippen molar-refractivity contribution in [1.29, 1.82) is 0 Å². The van der Waals surface area contributed by atoms with Crippen LogP contribution in [0.5, 0.6) is 0 Å². The van der Waals surface area contributed by atoms with Gasteiger partial charge in [-0.05, 0) is 19.9 Å². The number of aryl methyl sites for hydroxylation is 1. The second kappa shape index (κ2) is 6.63. The topological polar surface area (TPSA) is 98.2 Å². The van der Waals surface area contributed by atoms with Crippen LogP contribution in [-0.4, -0.2) is 42.9 Å². The number of rotatable bonds is 4. The molecule has 0 aliphatic heterocycles. The molecule has 0 unspecified atom stereocenters. The zero-order chi connectivity index (χ0) is 19.9. The van der Waals surface area contributed by atoms with Gasteiger partial charge in [0.25, 0.3) is 5.91 Å². The molecule has 3 rings (SSSR count). The van der Waals surface area contributed by atoms with Gasteiger partial charge in [-0.3, -0.25) is 4.79 Å². The number of nitrogens with zero attached hydrogens (tertiary/aromatic N) is 5. The number of hydrogen-bond acceptors (Lipinski definition) is 6. The second-order valence-corrected chi connectivity index (χ2v) is 6.42. The van der Waals surface area contributed by atoms with E-state index in [1.54, 1.807) is 13.0 Å². The van der Waals surface area contributed by atoms with Crippen molar-refractivity contribution in [3.63, 3.8) is 0 Å². The molecule has 3 aromatic heterocycles. The first-order chi connectivity index (χ1) is 12.6. The summed E-state index contributed by atoms with van der Waals surface area (Å²) in [7, 11) is 0. The summed E-state index contributed by atoms with van der Waals surface area (Å²) in [5.74, 6) is -0.249. The molecule has 3 heterocycles. The van der Waals surface area contributed by atoms with E-state index in [1.165, 1.54) is 10.7 Å². The fourth-order valence-corrected chi connectivity index (χ4v) is 2.32. The summed E-state index contributed by atoms with van der Waals surface area (Å²) in [6.45, 7) is 6.36. The van der Waals surface area contributed by atoms with E-state index < -0.39 is 18.1 Å². The largest absolute Gasteiger partial charge is 0.408 e. The number of fused-ring (bicyclic) bond motifs is 1. The molecule has 0 spiro atoms. The van der Waals surface area contributed by atoms with E-state index in [1.807, 2.05) is 19.2 Å². The molecule has 1 N–H and O–H groups in total. The Kier molecular flexibility index (Phi) is 4.62. The number of carbonyl (C=O) groups is 1. The molecule has 0 saturated heterocycles. The van der Waals surface area contributed by atoms with Gasteiger partial charge in [0.2, 0.25) is 11.7 Å². The number of aromatic nitrogens is 5. The van der Waals surface area contributed by atoms with Gasteiger partial charge in [0.15, 0.2) is 5.65 Å². The Balaban J connectivity index is 2.01. The van der Waals surface area contributed by atoms with Crippen LogP contribution in [0.4, 0.5) is 13.2 Å². The van der Waals surface area contributed by atoms with E-state index in [4.69, 9.17) is 4.52 Å². The lowest BCUT2D eigenvalue weighted by Gasteiger charge is -2.16. The molecule has 3 aromatic rings. The van der Waals surface area contributed by atoms with Gasteiger partial charge in [-0.15, -0.1) is 0 Å². The highest BCUT2D eigenvalue weighted by atomic mass is 19.4. The highest BCUT2D eigenvalue weighted by molar-refractivity contribution is 6.00. The van der Waals surface area contributed by atoms with E-state index in [9.17, 15) is 18.0 Å². The summed E-state index contributed by atoms with van der Waals surface area (Å²) in [6.07, 6.45) is -3.38. The van der Waals surface area contributed by atoms with Crippen LogP contribution in [0.3, 0.4) is 0 Å². The summed E-state index contributed by atoms with van der Waals surface area (Å²) in [5.41, 5.74) is 0.958. The minimum atomic E-state index is -4.55. The van der Waals surface area contributed by atoms with Crippen LogP contribution in [0, 0.1) is 6.92 Å². The number of carbonyl (C=O) groups excluding carboxylic acids is 1. The molecule has 144 valence electrons. The van der Waals surface area contributed by atoms with Crippen molar-refractivity contribution in [2.45, 2.75) is 45.8 Å². The average molecular weight is 382 g/mol. The highest BCUT2D eigenvalue weighted by Crippen LogP contribution is 2.23. The van der Waals surface area contributed by atoms with Crippen LogP contribution in [0.2, 0.25) is 0 Å². The van der Waals surface area contributed by atoms with Gasteiger partial charge in [-0.1, -0.05) is 19.0 Å². The Morgan fingerprint density at radius 1 is 1.26 bits per heavy atom. The summed E-state index contributed by atoms with van der Waals surface area (Å²) >= 11 is 0. The zero-order valence-corrected chi connectivity index (χ0v) is 15.0. The Morgan fingerprint density at radius 3 is 2.56 bits per heavy atom. The van der Waals surface area contributed by atoms with Crippen LogP contribution < -0.4 is 5.32 Å². The Hall–Kier alpha value is -2.98. The Labute approximate surface area is 151 Å². The monoisotopic (exact) mass is 382 g/mol. The molecule has 0 bridgehead atoms. The molecule has 8 nitrogen and oxygen atoms in total. The van der Waals surface area contributed by atoms with Gasteiger partial charge in [-0.25, -0.2) is 9.50 Å². The number of halogens is 3. The van der Waals surface area contributed by atoms with Crippen LogP contribution in [0.25, 0.3) is 17.2 Å². The lowest BCUT2D eigenvalue weighted by atomic mass is 10.2. The molecule has 0 aliphatic carbocycles. The summed E-state index contributed by atoms with van der Waals surface area (Å²) in [5, 5.41) is 9.80. The third-order valence-electron chi connectivity index (χ3n) is 3.90. The summed E-state index contributed by atoms with van der Waals surface area (Å²) in [4.78, 5) is 20.8. The molecule has 0 saturated carbocycles. The molecule has 27 heavy (non-hydrogen) atoms. The lowest BCUT2D eigenvalue weighted by Crippen LogP contribution is -2.43. The molecular formula is C16H17F3N6O2. The van der Waals surface area contributed by atoms with Crippen molar-refractivity contribution >= 4 is 11.6 Å². The highest BCUT2D eigenvalue weighted by Gasteiger charge is 2.37. The number of amides is 1. The predicted octanol–water partition coefficient (Wildman–Crippen LogP) is 2.89. The van der Waals surface area contributed by atoms with Crippen LogP contribution in [0.1, 0.15) is 48.6 Å². The molecule has 11 heteroatoms. The molecule has 1 amide bonds. The molecule has 0 aromatic carbocycles. The van der Waals surface area contributed by atoms with E-state index in [0.717, 1.165) is 6.92 Å². The summed E-state index contributed by atoms with van der Waals surface area (Å²) < 4.78 is 44.6. The first kappa shape index (κ1) is 18.8. The molecule has 0 aliphatic rings. The van der Waals surface area contributed by atoms with Gasteiger partial charge in [0.05, 0.1) is 6.20 Å². The zero-order valence-electron chi connectivity index (χ0n) is 15.0. The van der Waals surface area contributed by atoms with Crippen LogP contribution >= 0.6 is 0 Å². The van der Waals surface area contributed by atoms with E-state index in [0.29, 0.717) is 17.3 Å². The van der Waals surface area contributed by atoms with Gasteiger partial charge in [0, 0.05) is 11.6 Å². The van der Waals surface area contributed by atoms with Crippen LogP contribution in [0.15, 0.2) is 16.8 Å². The minimum Gasteiger partial charge on any atom is -0.340 e. The van der Waals surface area contributed by atoms with Crippen molar-refractivity contribution in [2.75, 3.05) is 0 Å². The van der Waals surface area contributed by atoms with Crippen molar-refractivity contribution < 1.29 is 22.5 Å². The third kappa shape index (κ3) is 3.62. The van der Waals surface area contributed by atoms with Crippen molar-refractivity contribution in [2.24, 2.45) is 0 Å². The quantitative estimate of drug-likeness (QED) is 0.745. The first-order valence-corrected chi connectivity index (χ1v) is 8.15. The van der Waals surface area contributed by atoms with E-state index in [2.05, 4.69) is 20.2 Å². The predicted molar refractivity (Wildman–Crippen MR) is 88.1 cm³/mol. The van der Waals surface area contributed by atoms with Crippen molar-refractivity contribution in [3.05, 3.63) is 29.4 Å². The maximum absolute atomic E-state index is 12.7. The van der Waals surface area contributed by atoms with Crippen molar-refractivity contribution in [3.8, 4) is 11.5 Å². The Morgan fingerprint density at radius 2 is 1.96 bits per heavy atom. The maximum Gasteiger partial charge on any atom is 0.408 e. The molecular weight excluding hydrogens is 365 g/mol.